The van der Waals surface area contributed by atoms with Gasteiger partial charge in [-0.3, -0.25) is 4.31 Å². The van der Waals surface area contributed by atoms with Gasteiger partial charge in [-0.25, -0.2) is 13.4 Å². The summed E-state index contributed by atoms with van der Waals surface area (Å²) in [6.45, 7) is 6.06. The van der Waals surface area contributed by atoms with Crippen molar-refractivity contribution in [3.05, 3.63) is 53.9 Å². The second kappa shape index (κ2) is 5.94. The highest BCUT2D eigenvalue weighted by atomic mass is 32.2. The molecule has 0 aliphatic heterocycles. The van der Waals surface area contributed by atoms with Crippen molar-refractivity contribution in [2.24, 2.45) is 7.05 Å². The lowest BCUT2D eigenvalue weighted by Crippen LogP contribution is -2.30. The van der Waals surface area contributed by atoms with Crippen molar-refractivity contribution in [3.63, 3.8) is 0 Å². The lowest BCUT2D eigenvalue weighted by molar-refractivity contribution is 0.592. The van der Waals surface area contributed by atoms with Crippen molar-refractivity contribution < 1.29 is 8.42 Å². The molecule has 0 atom stereocenters. The molecule has 0 bridgehead atoms. The first-order valence-corrected chi connectivity index (χ1v) is 9.31. The number of sulfonamides is 1. The maximum Gasteiger partial charge on any atom is 0.264 e. The van der Waals surface area contributed by atoms with Gasteiger partial charge in [0.05, 0.1) is 21.6 Å². The average molecular weight is 343 g/mol. The topological polar surface area (TPSA) is 55.2 Å². The Morgan fingerprint density at radius 3 is 2.54 bits per heavy atom. The Kier molecular flexibility index (Phi) is 4.09. The van der Waals surface area contributed by atoms with E-state index in [0.29, 0.717) is 17.7 Å². The number of rotatable bonds is 4. The van der Waals surface area contributed by atoms with E-state index >= 15 is 0 Å². The maximum atomic E-state index is 13.1. The summed E-state index contributed by atoms with van der Waals surface area (Å²) in [5.41, 5.74) is 3.31. The normalized spacial score (nSPS) is 11.8. The molecule has 0 amide bonds. The summed E-state index contributed by atoms with van der Waals surface area (Å²) in [5.74, 6) is 0.852. The second-order valence-electron chi connectivity index (χ2n) is 5.88. The molecule has 2 aromatic carbocycles. The fourth-order valence-corrected chi connectivity index (χ4v) is 4.35. The van der Waals surface area contributed by atoms with Gasteiger partial charge in [-0.2, -0.15) is 0 Å². The SMILES string of the molecule is CCN(c1cccc(C)c1)S(=O)(=O)c1ccc2c(c1)nc(C)n2C. The second-order valence-corrected chi connectivity index (χ2v) is 7.74. The zero-order valence-electron chi connectivity index (χ0n) is 14.3. The summed E-state index contributed by atoms with van der Waals surface area (Å²) in [6.07, 6.45) is 0. The summed E-state index contributed by atoms with van der Waals surface area (Å²) in [6, 6.07) is 12.6. The number of imidazole rings is 1. The molecule has 0 unspecified atom stereocenters. The van der Waals surface area contributed by atoms with Crippen LogP contribution in [0.15, 0.2) is 47.4 Å². The molecule has 6 heteroatoms. The maximum absolute atomic E-state index is 13.1. The van der Waals surface area contributed by atoms with Gasteiger partial charge in [0.1, 0.15) is 5.82 Å². The zero-order valence-corrected chi connectivity index (χ0v) is 15.1. The van der Waals surface area contributed by atoms with Gasteiger partial charge in [-0.15, -0.1) is 0 Å². The lowest BCUT2D eigenvalue weighted by Gasteiger charge is -2.23. The van der Waals surface area contributed by atoms with Gasteiger partial charge in [-0.05, 0) is 56.7 Å². The molecule has 5 nitrogen and oxygen atoms in total. The molecule has 0 saturated carbocycles. The van der Waals surface area contributed by atoms with Gasteiger partial charge in [0.2, 0.25) is 0 Å². The number of nitrogens with zero attached hydrogens (tertiary/aromatic N) is 3. The van der Waals surface area contributed by atoms with Crippen molar-refractivity contribution in [3.8, 4) is 0 Å². The number of hydrogen-bond acceptors (Lipinski definition) is 3. The largest absolute Gasteiger partial charge is 0.331 e. The van der Waals surface area contributed by atoms with Crippen LogP contribution >= 0.6 is 0 Å². The first-order chi connectivity index (χ1) is 11.3. The quantitative estimate of drug-likeness (QED) is 0.729. The fourth-order valence-electron chi connectivity index (χ4n) is 2.86. The third-order valence-corrected chi connectivity index (χ3v) is 6.14. The molecule has 0 saturated heterocycles. The highest BCUT2D eigenvalue weighted by molar-refractivity contribution is 7.92. The number of aryl methyl sites for hydroxylation is 3. The molecule has 1 heterocycles. The van der Waals surface area contributed by atoms with Crippen LogP contribution in [0.1, 0.15) is 18.3 Å². The van der Waals surface area contributed by atoms with Crippen LogP contribution in [-0.4, -0.2) is 24.5 Å². The van der Waals surface area contributed by atoms with Crippen LogP contribution in [0.2, 0.25) is 0 Å². The summed E-state index contributed by atoms with van der Waals surface area (Å²) < 4.78 is 29.6. The van der Waals surface area contributed by atoms with E-state index in [1.54, 1.807) is 12.1 Å². The standard InChI is InChI=1S/C18H21N3O2S/c1-5-21(15-8-6-7-13(2)11-15)24(22,23)16-9-10-18-17(12-16)19-14(3)20(18)4/h6-12H,5H2,1-4H3. The molecular formula is C18H21N3O2S. The molecular weight excluding hydrogens is 322 g/mol. The molecule has 0 N–H and O–H groups in total. The van der Waals surface area contributed by atoms with E-state index in [9.17, 15) is 8.42 Å². The molecule has 0 fully saturated rings. The van der Waals surface area contributed by atoms with Gasteiger partial charge >= 0.3 is 0 Å². The van der Waals surface area contributed by atoms with Gasteiger partial charge in [0, 0.05) is 13.6 Å². The van der Waals surface area contributed by atoms with Crippen molar-refractivity contribution in [2.45, 2.75) is 25.7 Å². The third-order valence-electron chi connectivity index (χ3n) is 4.24. The Morgan fingerprint density at radius 2 is 1.88 bits per heavy atom. The highest BCUT2D eigenvalue weighted by Gasteiger charge is 2.24. The molecule has 24 heavy (non-hydrogen) atoms. The first kappa shape index (κ1) is 16.5. The summed E-state index contributed by atoms with van der Waals surface area (Å²) >= 11 is 0. The van der Waals surface area contributed by atoms with Gasteiger partial charge in [0.15, 0.2) is 0 Å². The van der Waals surface area contributed by atoms with E-state index in [0.717, 1.165) is 16.9 Å². The smallest absolute Gasteiger partial charge is 0.264 e. The minimum Gasteiger partial charge on any atom is -0.331 e. The minimum atomic E-state index is -3.63. The van der Waals surface area contributed by atoms with Gasteiger partial charge in [-0.1, -0.05) is 12.1 Å². The molecule has 1 aromatic heterocycles. The number of aromatic nitrogens is 2. The predicted octanol–water partition coefficient (Wildman–Crippen LogP) is 3.41. The van der Waals surface area contributed by atoms with Gasteiger partial charge in [0.25, 0.3) is 10.0 Å². The molecule has 126 valence electrons. The molecule has 0 aliphatic carbocycles. The summed E-state index contributed by atoms with van der Waals surface area (Å²) in [4.78, 5) is 4.70. The first-order valence-electron chi connectivity index (χ1n) is 7.87. The number of anilines is 1. The summed E-state index contributed by atoms with van der Waals surface area (Å²) in [5, 5.41) is 0. The van der Waals surface area contributed by atoms with E-state index in [-0.39, 0.29) is 4.90 Å². The van der Waals surface area contributed by atoms with Crippen LogP contribution in [0.3, 0.4) is 0 Å². The zero-order chi connectivity index (χ0) is 17.5. The highest BCUT2D eigenvalue weighted by Crippen LogP contribution is 2.26. The predicted molar refractivity (Wildman–Crippen MR) is 96.8 cm³/mol. The number of hydrogen-bond donors (Lipinski definition) is 0. The van der Waals surface area contributed by atoms with E-state index in [4.69, 9.17) is 0 Å². The van der Waals surface area contributed by atoms with Crippen molar-refractivity contribution in [1.82, 2.24) is 9.55 Å². The van der Waals surface area contributed by atoms with Crippen molar-refractivity contribution in [2.75, 3.05) is 10.8 Å². The lowest BCUT2D eigenvalue weighted by atomic mass is 10.2. The Morgan fingerprint density at radius 1 is 1.12 bits per heavy atom. The Bertz CT molecular complexity index is 1010. The molecule has 0 spiro atoms. The molecule has 0 radical (unpaired) electrons. The van der Waals surface area contributed by atoms with E-state index in [2.05, 4.69) is 4.98 Å². The number of benzene rings is 2. The molecule has 0 aliphatic rings. The molecule has 3 rings (SSSR count). The molecule has 3 aromatic rings. The van der Waals surface area contributed by atoms with Crippen LogP contribution in [-0.2, 0) is 17.1 Å². The third kappa shape index (κ3) is 2.67. The Balaban J connectivity index is 2.11. The van der Waals surface area contributed by atoms with Crippen LogP contribution in [0.4, 0.5) is 5.69 Å². The van der Waals surface area contributed by atoms with E-state index in [1.807, 2.05) is 62.7 Å². The minimum absolute atomic E-state index is 0.261. The van der Waals surface area contributed by atoms with E-state index < -0.39 is 10.0 Å². The van der Waals surface area contributed by atoms with Crippen LogP contribution < -0.4 is 4.31 Å². The Hall–Kier alpha value is -2.34. The van der Waals surface area contributed by atoms with Crippen molar-refractivity contribution >= 4 is 26.7 Å². The summed E-state index contributed by atoms with van der Waals surface area (Å²) in [7, 11) is -1.71. The van der Waals surface area contributed by atoms with Gasteiger partial charge < -0.3 is 4.57 Å². The average Bonchev–Trinajstić information content (AvgIpc) is 2.82. The fraction of sp³-hybridized carbons (Fsp3) is 0.278. The van der Waals surface area contributed by atoms with Crippen molar-refractivity contribution in [1.29, 1.82) is 0 Å². The van der Waals surface area contributed by atoms with Crippen LogP contribution in [0, 0.1) is 13.8 Å². The van der Waals surface area contributed by atoms with E-state index in [1.165, 1.54) is 4.31 Å². The number of fused-ring (bicyclic) bond motifs is 1. The van der Waals surface area contributed by atoms with Crippen LogP contribution in [0.25, 0.3) is 11.0 Å². The monoisotopic (exact) mass is 343 g/mol. The Labute approximate surface area is 142 Å². The van der Waals surface area contributed by atoms with Crippen LogP contribution in [0.5, 0.6) is 0 Å².